The third-order valence-electron chi connectivity index (χ3n) is 4.07. The summed E-state index contributed by atoms with van der Waals surface area (Å²) >= 11 is 5.96. The van der Waals surface area contributed by atoms with Crippen molar-refractivity contribution in [2.75, 3.05) is 6.54 Å². The van der Waals surface area contributed by atoms with E-state index in [9.17, 15) is 18.0 Å². The summed E-state index contributed by atoms with van der Waals surface area (Å²) in [6, 6.07) is 2.83. The van der Waals surface area contributed by atoms with Gasteiger partial charge < -0.3 is 14.4 Å². The van der Waals surface area contributed by atoms with Crippen LogP contribution in [0.4, 0.5) is 18.0 Å². The lowest BCUT2D eigenvalue weighted by atomic mass is 10.1. The maximum absolute atomic E-state index is 13.3. The Bertz CT molecular complexity index is 935. The van der Waals surface area contributed by atoms with Crippen LogP contribution in [0.5, 0.6) is 11.6 Å². The molecular formula is C19H19ClF3N3O3. The second kappa shape index (κ2) is 8.06. The van der Waals surface area contributed by atoms with Gasteiger partial charge in [0.1, 0.15) is 17.2 Å². The van der Waals surface area contributed by atoms with Crippen molar-refractivity contribution >= 4 is 17.7 Å². The Morgan fingerprint density at radius 3 is 2.66 bits per heavy atom. The largest absolute Gasteiger partial charge is 0.444 e. The first kappa shape index (κ1) is 21.2. The van der Waals surface area contributed by atoms with E-state index < -0.39 is 29.5 Å². The molecule has 0 atom stereocenters. The summed E-state index contributed by atoms with van der Waals surface area (Å²) in [7, 11) is 0. The van der Waals surface area contributed by atoms with Crippen molar-refractivity contribution in [1.29, 1.82) is 0 Å². The lowest BCUT2D eigenvalue weighted by Crippen LogP contribution is -2.40. The molecule has 156 valence electrons. The van der Waals surface area contributed by atoms with Crippen molar-refractivity contribution in [1.82, 2.24) is 14.9 Å². The predicted molar refractivity (Wildman–Crippen MR) is 98.8 cm³/mol. The lowest BCUT2D eigenvalue weighted by molar-refractivity contribution is 0.0219. The molecule has 0 radical (unpaired) electrons. The number of ether oxygens (including phenoxy) is 2. The fourth-order valence-corrected chi connectivity index (χ4v) is 3.00. The van der Waals surface area contributed by atoms with Crippen LogP contribution in [0, 0.1) is 5.82 Å². The summed E-state index contributed by atoms with van der Waals surface area (Å²) in [6.45, 7) is 5.69. The molecule has 2 heterocycles. The topological polar surface area (TPSA) is 64.5 Å². The molecule has 1 aliphatic heterocycles. The summed E-state index contributed by atoms with van der Waals surface area (Å²) in [4.78, 5) is 21.9. The van der Waals surface area contributed by atoms with Gasteiger partial charge in [-0.05, 0) is 57.0 Å². The average Bonchev–Trinajstić information content (AvgIpc) is 2.60. The smallest absolute Gasteiger partial charge is 0.410 e. The fourth-order valence-electron chi connectivity index (χ4n) is 2.82. The first-order valence-electron chi connectivity index (χ1n) is 8.82. The van der Waals surface area contributed by atoms with E-state index in [-0.39, 0.29) is 23.5 Å². The van der Waals surface area contributed by atoms with Crippen molar-refractivity contribution in [3.05, 3.63) is 46.1 Å². The van der Waals surface area contributed by atoms with Gasteiger partial charge in [0.25, 0.3) is 6.43 Å². The third-order valence-corrected chi connectivity index (χ3v) is 4.23. The molecule has 0 N–H and O–H groups in total. The van der Waals surface area contributed by atoms with Crippen LogP contribution >= 0.6 is 11.6 Å². The van der Waals surface area contributed by atoms with Crippen LogP contribution in [-0.4, -0.2) is 33.1 Å². The number of carbonyl (C=O) groups excluding carboxylic acids is 1. The first-order valence-corrected chi connectivity index (χ1v) is 9.20. The van der Waals surface area contributed by atoms with E-state index in [0.717, 1.165) is 12.1 Å². The Morgan fingerprint density at radius 1 is 1.28 bits per heavy atom. The van der Waals surface area contributed by atoms with Gasteiger partial charge in [-0.1, -0.05) is 0 Å². The van der Waals surface area contributed by atoms with Crippen molar-refractivity contribution in [3.63, 3.8) is 0 Å². The second-order valence-corrected chi connectivity index (χ2v) is 7.80. The molecule has 29 heavy (non-hydrogen) atoms. The van der Waals surface area contributed by atoms with E-state index in [1.165, 1.54) is 4.90 Å². The normalized spacial score (nSPS) is 14.0. The van der Waals surface area contributed by atoms with E-state index >= 15 is 0 Å². The van der Waals surface area contributed by atoms with Crippen molar-refractivity contribution < 1.29 is 27.4 Å². The van der Waals surface area contributed by atoms with Crippen LogP contribution in [0.2, 0.25) is 5.28 Å². The van der Waals surface area contributed by atoms with Gasteiger partial charge in [-0.15, -0.1) is 0 Å². The Kier molecular flexibility index (Phi) is 5.88. The van der Waals surface area contributed by atoms with E-state index in [2.05, 4.69) is 9.97 Å². The SMILES string of the molecule is CC(C)(C)OC(=O)N1CCc2c(nc(Cl)nc2Oc2ccc(F)cc2C(F)F)C1. The zero-order chi connectivity index (χ0) is 21.3. The molecule has 10 heteroatoms. The minimum atomic E-state index is -2.93. The Balaban J connectivity index is 1.89. The summed E-state index contributed by atoms with van der Waals surface area (Å²) in [6.07, 6.45) is -3.12. The summed E-state index contributed by atoms with van der Waals surface area (Å²) in [5.41, 5.74) is -0.278. The number of hydrogen-bond acceptors (Lipinski definition) is 5. The highest BCUT2D eigenvalue weighted by molar-refractivity contribution is 6.28. The van der Waals surface area contributed by atoms with Gasteiger partial charge in [-0.25, -0.2) is 22.9 Å². The third kappa shape index (κ3) is 5.09. The molecule has 3 rings (SSSR count). The zero-order valence-corrected chi connectivity index (χ0v) is 16.8. The highest BCUT2D eigenvalue weighted by Crippen LogP contribution is 2.35. The number of hydrogen-bond donors (Lipinski definition) is 0. The predicted octanol–water partition coefficient (Wildman–Crippen LogP) is 5.29. The highest BCUT2D eigenvalue weighted by atomic mass is 35.5. The molecule has 1 aromatic carbocycles. The molecule has 0 unspecified atom stereocenters. The fraction of sp³-hybridized carbons (Fsp3) is 0.421. The average molecular weight is 430 g/mol. The minimum absolute atomic E-state index is 0.00246. The van der Waals surface area contributed by atoms with Gasteiger partial charge in [0.05, 0.1) is 17.8 Å². The number of alkyl halides is 2. The Labute approximate surface area is 170 Å². The maximum Gasteiger partial charge on any atom is 0.410 e. The Hall–Kier alpha value is -2.55. The maximum atomic E-state index is 13.3. The molecule has 6 nitrogen and oxygen atoms in total. The van der Waals surface area contributed by atoms with E-state index in [1.54, 1.807) is 20.8 Å². The van der Waals surface area contributed by atoms with E-state index in [0.29, 0.717) is 30.3 Å². The van der Waals surface area contributed by atoms with Gasteiger partial charge in [0, 0.05) is 12.1 Å². The second-order valence-electron chi connectivity index (χ2n) is 7.46. The highest BCUT2D eigenvalue weighted by Gasteiger charge is 2.29. The van der Waals surface area contributed by atoms with Crippen LogP contribution in [0.25, 0.3) is 0 Å². The molecule has 1 aromatic heterocycles. The van der Waals surface area contributed by atoms with Crippen LogP contribution in [0.3, 0.4) is 0 Å². The van der Waals surface area contributed by atoms with E-state index in [1.807, 2.05) is 0 Å². The molecule has 0 fully saturated rings. The van der Waals surface area contributed by atoms with Gasteiger partial charge in [-0.3, -0.25) is 0 Å². The quantitative estimate of drug-likeness (QED) is 0.620. The first-order chi connectivity index (χ1) is 13.5. The molecular weight excluding hydrogens is 411 g/mol. The minimum Gasteiger partial charge on any atom is -0.444 e. The van der Waals surface area contributed by atoms with Crippen molar-refractivity contribution in [2.45, 2.75) is 45.8 Å². The summed E-state index contributed by atoms with van der Waals surface area (Å²) < 4.78 is 50.7. The van der Waals surface area contributed by atoms with Crippen LogP contribution in [-0.2, 0) is 17.7 Å². The molecule has 0 saturated heterocycles. The van der Waals surface area contributed by atoms with Crippen LogP contribution in [0.15, 0.2) is 18.2 Å². The van der Waals surface area contributed by atoms with Crippen LogP contribution < -0.4 is 4.74 Å². The van der Waals surface area contributed by atoms with Crippen molar-refractivity contribution in [2.24, 2.45) is 0 Å². The van der Waals surface area contributed by atoms with Gasteiger partial charge in [0.15, 0.2) is 0 Å². The number of carbonyl (C=O) groups is 1. The number of benzene rings is 1. The molecule has 2 aromatic rings. The standard InChI is InChI=1S/C19H19ClF3N3O3/c1-19(2,3)29-18(27)26-7-6-11-13(9-26)24-17(20)25-16(11)28-14-5-4-10(21)8-12(14)15(22)23/h4-5,8,15H,6-7,9H2,1-3H3. The van der Waals surface area contributed by atoms with Gasteiger partial charge >= 0.3 is 6.09 Å². The zero-order valence-electron chi connectivity index (χ0n) is 16.0. The number of amides is 1. The lowest BCUT2D eigenvalue weighted by Gasteiger charge is -2.31. The number of aromatic nitrogens is 2. The molecule has 1 amide bonds. The number of halogens is 4. The molecule has 0 saturated carbocycles. The van der Waals surface area contributed by atoms with Gasteiger partial charge in [-0.2, -0.15) is 4.98 Å². The molecule has 0 aliphatic carbocycles. The monoisotopic (exact) mass is 429 g/mol. The Morgan fingerprint density at radius 2 is 2.00 bits per heavy atom. The number of fused-ring (bicyclic) bond motifs is 1. The molecule has 1 aliphatic rings. The van der Waals surface area contributed by atoms with Gasteiger partial charge in [0.2, 0.25) is 11.2 Å². The van der Waals surface area contributed by atoms with Crippen LogP contribution in [0.1, 0.15) is 44.0 Å². The summed E-state index contributed by atoms with van der Waals surface area (Å²) in [5, 5.41) is -0.162. The van der Waals surface area contributed by atoms with Crippen molar-refractivity contribution in [3.8, 4) is 11.6 Å². The van der Waals surface area contributed by atoms with E-state index in [4.69, 9.17) is 21.1 Å². The molecule has 0 spiro atoms. The number of rotatable bonds is 3. The summed E-state index contributed by atoms with van der Waals surface area (Å²) in [5.74, 6) is -1.03. The number of nitrogens with zero attached hydrogens (tertiary/aromatic N) is 3. The molecule has 0 bridgehead atoms.